The van der Waals surface area contributed by atoms with Crippen molar-refractivity contribution in [2.45, 2.75) is 63.8 Å². The van der Waals surface area contributed by atoms with Crippen molar-refractivity contribution in [3.8, 4) is 0 Å². The van der Waals surface area contributed by atoms with Crippen LogP contribution in [-0.4, -0.2) is 56.2 Å². The van der Waals surface area contributed by atoms with Crippen molar-refractivity contribution in [2.24, 2.45) is 11.8 Å². The van der Waals surface area contributed by atoms with Crippen LogP contribution in [-0.2, 0) is 23.8 Å². The Morgan fingerprint density at radius 1 is 1.33 bits per heavy atom. The van der Waals surface area contributed by atoms with Gasteiger partial charge in [0.15, 0.2) is 23.5 Å². The molecule has 1 aromatic rings. The standard InChI is InChI=1S/C19H26FN3O7/c1-9(2)12(24)28-14-18(8-20)19(14,29-13(25)10(3)4)17(5,27)15(30-18)23-7-6-11(21)22-16(23)26/h6-7,9-10,14-15,27H,8H2,1-5H3,(H2,21,22,26)/t14?,15-,17+,18-,19+/m1/s1. The molecular weight excluding hydrogens is 401 g/mol. The number of hydrogen-bond acceptors (Lipinski definition) is 9. The van der Waals surface area contributed by atoms with Crippen molar-refractivity contribution in [2.75, 3.05) is 12.4 Å². The van der Waals surface area contributed by atoms with E-state index in [2.05, 4.69) is 4.98 Å². The maximum absolute atomic E-state index is 14.4. The Morgan fingerprint density at radius 2 is 1.93 bits per heavy atom. The van der Waals surface area contributed by atoms with Crippen LogP contribution in [0, 0.1) is 11.8 Å². The third-order valence-corrected chi connectivity index (χ3v) is 5.63. The lowest BCUT2D eigenvalue weighted by Gasteiger charge is -2.35. The normalized spacial score (nSPS) is 34.7. The highest BCUT2D eigenvalue weighted by molar-refractivity contribution is 5.75. The minimum absolute atomic E-state index is 0.0519. The molecule has 0 bridgehead atoms. The lowest BCUT2D eigenvalue weighted by atomic mass is 9.93. The number of rotatable bonds is 6. The van der Waals surface area contributed by atoms with Crippen LogP contribution in [0.1, 0.15) is 40.8 Å². The van der Waals surface area contributed by atoms with Gasteiger partial charge < -0.3 is 25.1 Å². The topological polar surface area (TPSA) is 143 Å². The number of esters is 2. The Labute approximate surface area is 172 Å². The number of ether oxygens (including phenoxy) is 3. The highest BCUT2D eigenvalue weighted by atomic mass is 19.1. The van der Waals surface area contributed by atoms with Gasteiger partial charge in [0.25, 0.3) is 0 Å². The van der Waals surface area contributed by atoms with E-state index >= 15 is 0 Å². The lowest BCUT2D eigenvalue weighted by molar-refractivity contribution is -0.200. The first kappa shape index (κ1) is 22.2. The van der Waals surface area contributed by atoms with Gasteiger partial charge in [-0.15, -0.1) is 0 Å². The quantitative estimate of drug-likeness (QED) is 0.614. The minimum Gasteiger partial charge on any atom is -0.454 e. The summed E-state index contributed by atoms with van der Waals surface area (Å²) in [5.41, 5.74) is -1.52. The number of carbonyl (C=O) groups excluding carboxylic acids is 2. The van der Waals surface area contributed by atoms with Crippen LogP contribution in [0.5, 0.6) is 0 Å². The van der Waals surface area contributed by atoms with E-state index < -0.39 is 65.3 Å². The molecule has 30 heavy (non-hydrogen) atoms. The maximum atomic E-state index is 14.4. The summed E-state index contributed by atoms with van der Waals surface area (Å²) in [6, 6.07) is 1.30. The van der Waals surface area contributed by atoms with Gasteiger partial charge in [-0.25, -0.2) is 9.18 Å². The van der Waals surface area contributed by atoms with Crippen molar-refractivity contribution in [1.82, 2.24) is 9.55 Å². The molecule has 0 aromatic carbocycles. The Balaban J connectivity index is 2.10. The summed E-state index contributed by atoms with van der Waals surface area (Å²) in [4.78, 5) is 40.5. The number of hydrogen-bond donors (Lipinski definition) is 2. The Kier molecular flexibility index (Phi) is 5.18. The Hall–Kier alpha value is -2.53. The van der Waals surface area contributed by atoms with Gasteiger partial charge in [-0.05, 0) is 13.0 Å². The SMILES string of the molecule is CC(C)C(=O)OC1[C@]2(OC(=O)C(C)C)[C@@](C)(O)[C@H](n3ccc(N)nc3=O)O[C@]12CF. The molecule has 2 aliphatic rings. The number of anilines is 1. The first-order chi connectivity index (χ1) is 13.9. The average molecular weight is 427 g/mol. The molecule has 2 fully saturated rings. The van der Waals surface area contributed by atoms with Gasteiger partial charge >= 0.3 is 17.6 Å². The van der Waals surface area contributed by atoms with Crippen LogP contribution < -0.4 is 11.4 Å². The Morgan fingerprint density at radius 3 is 2.43 bits per heavy atom. The van der Waals surface area contributed by atoms with Crippen LogP contribution in [0.2, 0.25) is 0 Å². The number of aromatic nitrogens is 2. The predicted molar refractivity (Wildman–Crippen MR) is 101 cm³/mol. The van der Waals surface area contributed by atoms with Gasteiger partial charge in [-0.1, -0.05) is 27.7 Å². The molecule has 3 N–H and O–H groups in total. The molecule has 1 unspecified atom stereocenters. The maximum Gasteiger partial charge on any atom is 0.351 e. The molecule has 166 valence electrons. The third-order valence-electron chi connectivity index (χ3n) is 5.63. The summed E-state index contributed by atoms with van der Waals surface area (Å²) >= 11 is 0. The molecule has 0 radical (unpaired) electrons. The zero-order chi connectivity index (χ0) is 22.6. The van der Waals surface area contributed by atoms with E-state index in [1.807, 2.05) is 0 Å². The summed E-state index contributed by atoms with van der Waals surface area (Å²) in [6.45, 7) is 6.27. The van der Waals surface area contributed by atoms with Gasteiger partial charge in [0.05, 0.1) is 11.8 Å². The van der Waals surface area contributed by atoms with E-state index in [-0.39, 0.29) is 5.82 Å². The van der Waals surface area contributed by atoms with Crippen molar-refractivity contribution >= 4 is 17.8 Å². The lowest BCUT2D eigenvalue weighted by Crippen LogP contribution is -2.53. The van der Waals surface area contributed by atoms with E-state index in [4.69, 9.17) is 19.9 Å². The largest absolute Gasteiger partial charge is 0.454 e. The van der Waals surface area contributed by atoms with E-state index in [9.17, 15) is 23.9 Å². The second-order valence-corrected chi connectivity index (χ2v) is 8.47. The van der Waals surface area contributed by atoms with Gasteiger partial charge in [-0.2, -0.15) is 4.98 Å². The molecule has 1 aliphatic heterocycles. The molecule has 1 aromatic heterocycles. The van der Waals surface area contributed by atoms with E-state index in [1.54, 1.807) is 27.7 Å². The van der Waals surface area contributed by atoms with Crippen molar-refractivity contribution in [3.63, 3.8) is 0 Å². The Bertz CT molecular complexity index is 931. The highest BCUT2D eigenvalue weighted by Crippen LogP contribution is 2.70. The number of halogens is 1. The minimum atomic E-state index is -2.15. The summed E-state index contributed by atoms with van der Waals surface area (Å²) in [5.74, 6) is -2.64. The molecule has 5 atom stereocenters. The predicted octanol–water partition coefficient (Wildman–Crippen LogP) is 0.333. The van der Waals surface area contributed by atoms with Crippen molar-refractivity contribution < 1.29 is 33.3 Å². The van der Waals surface area contributed by atoms with E-state index in [0.717, 1.165) is 4.57 Å². The molecule has 1 saturated carbocycles. The van der Waals surface area contributed by atoms with Gasteiger partial charge in [0, 0.05) is 6.20 Å². The number of fused-ring (bicyclic) bond motifs is 1. The molecule has 0 spiro atoms. The fourth-order valence-electron chi connectivity index (χ4n) is 3.87. The molecule has 1 aliphatic carbocycles. The second kappa shape index (κ2) is 7.02. The molecule has 1 saturated heterocycles. The van der Waals surface area contributed by atoms with Crippen LogP contribution in [0.15, 0.2) is 17.1 Å². The van der Waals surface area contributed by atoms with Crippen molar-refractivity contribution in [1.29, 1.82) is 0 Å². The average Bonchev–Trinajstić information content (AvgIpc) is 3.13. The van der Waals surface area contributed by atoms with Gasteiger partial charge in [0.1, 0.15) is 12.5 Å². The monoisotopic (exact) mass is 427 g/mol. The zero-order valence-corrected chi connectivity index (χ0v) is 17.4. The number of alkyl halides is 1. The molecule has 0 amide bonds. The van der Waals surface area contributed by atoms with E-state index in [1.165, 1.54) is 19.2 Å². The van der Waals surface area contributed by atoms with Crippen LogP contribution >= 0.6 is 0 Å². The third kappa shape index (κ3) is 2.83. The first-order valence-corrected chi connectivity index (χ1v) is 9.60. The molecule has 10 nitrogen and oxygen atoms in total. The van der Waals surface area contributed by atoms with Crippen LogP contribution in [0.25, 0.3) is 0 Å². The molecule has 11 heteroatoms. The number of nitrogen functional groups attached to an aromatic ring is 1. The van der Waals surface area contributed by atoms with Crippen LogP contribution in [0.3, 0.4) is 0 Å². The number of nitrogens with two attached hydrogens (primary N) is 1. The highest BCUT2D eigenvalue weighted by Gasteiger charge is 2.97. The smallest absolute Gasteiger partial charge is 0.351 e. The van der Waals surface area contributed by atoms with Crippen LogP contribution in [0.4, 0.5) is 10.2 Å². The molecule has 2 heterocycles. The molecular formula is C19H26FN3O7. The van der Waals surface area contributed by atoms with E-state index in [0.29, 0.717) is 0 Å². The summed E-state index contributed by atoms with van der Waals surface area (Å²) in [5, 5.41) is 11.4. The summed E-state index contributed by atoms with van der Waals surface area (Å²) in [6.07, 6.45) is -1.63. The first-order valence-electron chi connectivity index (χ1n) is 9.60. The fraction of sp³-hybridized carbons (Fsp3) is 0.684. The zero-order valence-electron chi connectivity index (χ0n) is 17.4. The summed E-state index contributed by atoms with van der Waals surface area (Å²) in [7, 11) is 0. The molecule has 3 rings (SSSR count). The van der Waals surface area contributed by atoms with Gasteiger partial charge in [0.2, 0.25) is 5.60 Å². The van der Waals surface area contributed by atoms with Gasteiger partial charge in [-0.3, -0.25) is 14.2 Å². The number of carbonyl (C=O) groups is 2. The number of aliphatic hydroxyl groups is 1. The fourth-order valence-corrected chi connectivity index (χ4v) is 3.87. The number of nitrogens with zero attached hydrogens (tertiary/aromatic N) is 2. The summed E-state index contributed by atoms with van der Waals surface area (Å²) < 4.78 is 32.0. The van der Waals surface area contributed by atoms with Crippen molar-refractivity contribution in [3.05, 3.63) is 22.7 Å². The second-order valence-electron chi connectivity index (χ2n) is 8.47.